The Balaban J connectivity index is 1.94. The summed E-state index contributed by atoms with van der Waals surface area (Å²) in [5.41, 5.74) is 3.19. The van der Waals surface area contributed by atoms with Crippen LogP contribution in [0.1, 0.15) is 12.5 Å². The number of benzene rings is 1. The maximum atomic E-state index is 12.1. The second kappa shape index (κ2) is 7.36. The van der Waals surface area contributed by atoms with Crippen LogP contribution in [0, 0.1) is 0 Å². The van der Waals surface area contributed by atoms with E-state index in [1.807, 2.05) is 13.0 Å². The van der Waals surface area contributed by atoms with Crippen molar-refractivity contribution in [2.75, 3.05) is 19.6 Å². The summed E-state index contributed by atoms with van der Waals surface area (Å²) in [4.78, 5) is 30.5. The molecule has 0 saturated carbocycles. The van der Waals surface area contributed by atoms with Gasteiger partial charge in [-0.3, -0.25) is 14.3 Å². The molecule has 0 bridgehead atoms. The fraction of sp³-hybridized carbons (Fsp3) is 0.294. The Morgan fingerprint density at radius 2 is 2.00 bits per heavy atom. The molecule has 0 unspecified atom stereocenters. The summed E-state index contributed by atoms with van der Waals surface area (Å²) >= 11 is 0. The van der Waals surface area contributed by atoms with Crippen LogP contribution >= 0.6 is 0 Å². The molecule has 1 aromatic carbocycles. The lowest BCUT2D eigenvalue weighted by Gasteiger charge is -2.07. The Labute approximate surface area is 154 Å². The molecule has 0 amide bonds. The molecule has 27 heavy (non-hydrogen) atoms. The molecule has 10 heteroatoms. The van der Waals surface area contributed by atoms with Gasteiger partial charge in [0.15, 0.2) is 22.7 Å². The maximum Gasteiger partial charge on any atom is 0.329 e. The summed E-state index contributed by atoms with van der Waals surface area (Å²) in [6.45, 7) is 2.35. The van der Waals surface area contributed by atoms with E-state index in [2.05, 4.69) is 20.5 Å². The first-order valence-corrected chi connectivity index (χ1v) is 8.20. The Bertz CT molecular complexity index is 1120. The lowest BCUT2D eigenvalue weighted by molar-refractivity contribution is 0.355. The van der Waals surface area contributed by atoms with Gasteiger partial charge in [0, 0.05) is 13.6 Å². The average Bonchev–Trinajstić information content (AvgIpc) is 3.05. The SMILES string of the molecule is CCn1c(N/N=C/c2ccc(OC)c(OC)c2)nc2c1c(=O)[nH]c(=O)n2C. The minimum absolute atomic E-state index is 0.286. The Hall–Kier alpha value is -3.56. The van der Waals surface area contributed by atoms with Gasteiger partial charge in [-0.2, -0.15) is 10.1 Å². The number of aromatic nitrogens is 4. The number of rotatable bonds is 6. The topological polar surface area (TPSA) is 116 Å². The van der Waals surface area contributed by atoms with E-state index in [0.29, 0.717) is 29.5 Å². The molecule has 2 heterocycles. The molecular formula is C17H20N6O4. The van der Waals surface area contributed by atoms with Crippen molar-refractivity contribution in [3.05, 3.63) is 44.6 Å². The van der Waals surface area contributed by atoms with E-state index in [4.69, 9.17) is 9.47 Å². The normalized spacial score (nSPS) is 11.3. The second-order valence-corrected chi connectivity index (χ2v) is 5.65. The Kier molecular flexibility index (Phi) is 4.97. The monoisotopic (exact) mass is 372 g/mol. The smallest absolute Gasteiger partial charge is 0.329 e. The number of H-pyrrole nitrogens is 1. The van der Waals surface area contributed by atoms with Crippen molar-refractivity contribution in [1.82, 2.24) is 19.1 Å². The number of fused-ring (bicyclic) bond motifs is 1. The van der Waals surface area contributed by atoms with Crippen LogP contribution in [-0.4, -0.2) is 39.5 Å². The first kappa shape index (κ1) is 18.2. The third kappa shape index (κ3) is 3.28. The van der Waals surface area contributed by atoms with Gasteiger partial charge in [0.05, 0.1) is 20.4 Å². The highest BCUT2D eigenvalue weighted by Gasteiger charge is 2.15. The minimum atomic E-state index is -0.520. The van der Waals surface area contributed by atoms with Gasteiger partial charge in [0.1, 0.15) is 0 Å². The number of ether oxygens (including phenoxy) is 2. The number of nitrogens with zero attached hydrogens (tertiary/aromatic N) is 4. The molecule has 0 aliphatic rings. The standard InChI is InChI=1S/C17H20N6O4/c1-5-23-13-14(22(2)17(25)20-15(13)24)19-16(23)21-18-9-10-6-7-11(26-3)12(8-10)27-4/h6-9H,5H2,1-4H3,(H,19,21)(H,20,24,25)/b18-9+. The van der Waals surface area contributed by atoms with Gasteiger partial charge in [-0.1, -0.05) is 0 Å². The van der Waals surface area contributed by atoms with E-state index >= 15 is 0 Å². The van der Waals surface area contributed by atoms with E-state index in [1.54, 1.807) is 44.2 Å². The van der Waals surface area contributed by atoms with Gasteiger partial charge in [-0.25, -0.2) is 10.2 Å². The lowest BCUT2D eigenvalue weighted by atomic mass is 10.2. The van der Waals surface area contributed by atoms with Crippen molar-refractivity contribution < 1.29 is 9.47 Å². The van der Waals surface area contributed by atoms with Crippen LogP contribution in [0.3, 0.4) is 0 Å². The van der Waals surface area contributed by atoms with Crippen molar-refractivity contribution in [1.29, 1.82) is 0 Å². The number of methoxy groups -OCH3 is 2. The molecule has 0 spiro atoms. The quantitative estimate of drug-likeness (QED) is 0.491. The van der Waals surface area contributed by atoms with E-state index in [9.17, 15) is 9.59 Å². The Morgan fingerprint density at radius 1 is 1.26 bits per heavy atom. The number of hydrogen-bond acceptors (Lipinski definition) is 7. The van der Waals surface area contributed by atoms with Gasteiger partial charge in [-0.15, -0.1) is 0 Å². The molecule has 0 atom stereocenters. The van der Waals surface area contributed by atoms with Crippen LogP contribution < -0.4 is 26.1 Å². The van der Waals surface area contributed by atoms with Crippen molar-refractivity contribution >= 4 is 23.3 Å². The highest BCUT2D eigenvalue weighted by Crippen LogP contribution is 2.26. The average molecular weight is 372 g/mol. The second-order valence-electron chi connectivity index (χ2n) is 5.65. The van der Waals surface area contributed by atoms with Crippen LogP contribution in [0.25, 0.3) is 11.2 Å². The highest BCUT2D eigenvalue weighted by molar-refractivity contribution is 5.81. The predicted octanol–water partition coefficient (Wildman–Crippen LogP) is 0.906. The van der Waals surface area contributed by atoms with Crippen molar-refractivity contribution in [3.8, 4) is 11.5 Å². The van der Waals surface area contributed by atoms with Gasteiger partial charge in [0.25, 0.3) is 5.56 Å². The molecule has 0 fully saturated rings. The van der Waals surface area contributed by atoms with Crippen LogP contribution in [0.2, 0.25) is 0 Å². The zero-order chi connectivity index (χ0) is 19.6. The largest absolute Gasteiger partial charge is 0.493 e. The first-order chi connectivity index (χ1) is 13.0. The number of aromatic amines is 1. The van der Waals surface area contributed by atoms with Crippen LogP contribution in [0.4, 0.5) is 5.95 Å². The maximum absolute atomic E-state index is 12.1. The molecule has 0 radical (unpaired) electrons. The molecule has 0 saturated heterocycles. The molecule has 3 rings (SSSR count). The van der Waals surface area contributed by atoms with Gasteiger partial charge in [-0.05, 0) is 30.7 Å². The third-order valence-corrected chi connectivity index (χ3v) is 4.11. The summed E-state index contributed by atoms with van der Waals surface area (Å²) in [6, 6.07) is 5.38. The summed E-state index contributed by atoms with van der Waals surface area (Å²) in [7, 11) is 4.67. The fourth-order valence-electron chi connectivity index (χ4n) is 2.73. The summed E-state index contributed by atoms with van der Waals surface area (Å²) < 4.78 is 13.4. The number of hydrogen-bond donors (Lipinski definition) is 2. The third-order valence-electron chi connectivity index (χ3n) is 4.11. The molecule has 0 aliphatic heterocycles. The number of hydrazone groups is 1. The molecule has 142 valence electrons. The van der Waals surface area contributed by atoms with Crippen LogP contribution in [-0.2, 0) is 13.6 Å². The predicted molar refractivity (Wildman–Crippen MR) is 102 cm³/mol. The van der Waals surface area contributed by atoms with E-state index in [1.165, 1.54) is 4.57 Å². The zero-order valence-electron chi connectivity index (χ0n) is 15.4. The van der Waals surface area contributed by atoms with Gasteiger partial charge in [0.2, 0.25) is 5.95 Å². The van der Waals surface area contributed by atoms with E-state index < -0.39 is 11.2 Å². The Morgan fingerprint density at radius 3 is 2.67 bits per heavy atom. The number of aryl methyl sites for hydroxylation is 2. The number of imidazole rings is 1. The van der Waals surface area contributed by atoms with E-state index in [0.717, 1.165) is 5.56 Å². The molecule has 0 aliphatic carbocycles. The zero-order valence-corrected chi connectivity index (χ0v) is 15.4. The highest BCUT2D eigenvalue weighted by atomic mass is 16.5. The minimum Gasteiger partial charge on any atom is -0.493 e. The fourth-order valence-corrected chi connectivity index (χ4v) is 2.73. The molecule has 10 nitrogen and oxygen atoms in total. The number of nitrogens with one attached hydrogen (secondary N) is 2. The molecule has 3 aromatic rings. The summed E-state index contributed by atoms with van der Waals surface area (Å²) in [6.07, 6.45) is 1.59. The lowest BCUT2D eigenvalue weighted by Crippen LogP contribution is -2.29. The summed E-state index contributed by atoms with van der Waals surface area (Å²) in [5, 5.41) is 4.17. The van der Waals surface area contributed by atoms with E-state index in [-0.39, 0.29) is 5.65 Å². The van der Waals surface area contributed by atoms with Gasteiger partial charge >= 0.3 is 5.69 Å². The van der Waals surface area contributed by atoms with Gasteiger partial charge < -0.3 is 14.0 Å². The van der Waals surface area contributed by atoms with Crippen molar-refractivity contribution in [2.45, 2.75) is 13.5 Å². The summed E-state index contributed by atoms with van der Waals surface area (Å²) in [5.74, 6) is 1.57. The van der Waals surface area contributed by atoms with Crippen molar-refractivity contribution in [2.24, 2.45) is 12.1 Å². The molecule has 2 aromatic heterocycles. The molecular weight excluding hydrogens is 352 g/mol. The number of anilines is 1. The van der Waals surface area contributed by atoms with Crippen LogP contribution in [0.15, 0.2) is 32.9 Å². The van der Waals surface area contributed by atoms with Crippen LogP contribution in [0.5, 0.6) is 11.5 Å². The first-order valence-electron chi connectivity index (χ1n) is 8.20. The van der Waals surface area contributed by atoms with Crippen molar-refractivity contribution in [3.63, 3.8) is 0 Å². The molecule has 2 N–H and O–H groups in total.